The standard InChI is InChI=1S/C12H18N2O/c1-3-12(15)14(4-2)11-7-5-10(9-13)6-8-11/h5-8H,3-4,9,13H2,1-2H3. The normalized spacial score (nSPS) is 10.1. The Morgan fingerprint density at radius 1 is 1.27 bits per heavy atom. The fourth-order valence-electron chi connectivity index (χ4n) is 1.51. The second-order valence-corrected chi connectivity index (χ2v) is 3.36. The monoisotopic (exact) mass is 206 g/mol. The van der Waals surface area contributed by atoms with Gasteiger partial charge in [-0.15, -0.1) is 0 Å². The molecule has 1 aromatic rings. The van der Waals surface area contributed by atoms with E-state index in [-0.39, 0.29) is 5.91 Å². The van der Waals surface area contributed by atoms with Crippen molar-refractivity contribution < 1.29 is 4.79 Å². The van der Waals surface area contributed by atoms with Crippen LogP contribution in [0.4, 0.5) is 5.69 Å². The van der Waals surface area contributed by atoms with Gasteiger partial charge < -0.3 is 10.6 Å². The third-order valence-corrected chi connectivity index (χ3v) is 2.40. The van der Waals surface area contributed by atoms with Crippen molar-refractivity contribution in [2.45, 2.75) is 26.8 Å². The zero-order valence-corrected chi connectivity index (χ0v) is 9.36. The van der Waals surface area contributed by atoms with Crippen LogP contribution in [-0.2, 0) is 11.3 Å². The summed E-state index contributed by atoms with van der Waals surface area (Å²) in [5.74, 6) is 0.151. The SMILES string of the molecule is CCC(=O)N(CC)c1ccc(CN)cc1. The van der Waals surface area contributed by atoms with Crippen molar-refractivity contribution in [2.75, 3.05) is 11.4 Å². The predicted molar refractivity (Wildman–Crippen MR) is 62.7 cm³/mol. The van der Waals surface area contributed by atoms with Crippen LogP contribution in [0.2, 0.25) is 0 Å². The van der Waals surface area contributed by atoms with E-state index in [1.165, 1.54) is 0 Å². The van der Waals surface area contributed by atoms with Gasteiger partial charge in [-0.05, 0) is 24.6 Å². The Bertz CT molecular complexity index is 319. The smallest absolute Gasteiger partial charge is 0.226 e. The molecule has 0 aromatic heterocycles. The van der Waals surface area contributed by atoms with Crippen LogP contribution in [0, 0.1) is 0 Å². The summed E-state index contributed by atoms with van der Waals surface area (Å²) in [6.45, 7) is 5.09. The number of carbonyl (C=O) groups excluding carboxylic acids is 1. The number of rotatable bonds is 4. The molecule has 0 saturated carbocycles. The van der Waals surface area contributed by atoms with Gasteiger partial charge in [0.2, 0.25) is 5.91 Å². The molecule has 82 valence electrons. The summed E-state index contributed by atoms with van der Waals surface area (Å²) in [7, 11) is 0. The van der Waals surface area contributed by atoms with Crippen LogP contribution in [0.3, 0.4) is 0 Å². The maximum absolute atomic E-state index is 11.6. The largest absolute Gasteiger partial charge is 0.326 e. The molecule has 0 heterocycles. The molecule has 0 unspecified atom stereocenters. The third kappa shape index (κ3) is 2.80. The number of hydrogen-bond donors (Lipinski definition) is 1. The molecule has 0 aliphatic heterocycles. The number of carbonyl (C=O) groups is 1. The van der Waals surface area contributed by atoms with Crippen LogP contribution in [0.5, 0.6) is 0 Å². The van der Waals surface area contributed by atoms with Gasteiger partial charge in [0, 0.05) is 25.2 Å². The highest BCUT2D eigenvalue weighted by Gasteiger charge is 2.10. The highest BCUT2D eigenvalue weighted by atomic mass is 16.2. The van der Waals surface area contributed by atoms with E-state index in [1.54, 1.807) is 4.90 Å². The van der Waals surface area contributed by atoms with Gasteiger partial charge in [0.25, 0.3) is 0 Å². The first-order valence-corrected chi connectivity index (χ1v) is 5.32. The molecule has 0 aliphatic carbocycles. The van der Waals surface area contributed by atoms with Crippen LogP contribution in [0.25, 0.3) is 0 Å². The number of nitrogens with two attached hydrogens (primary N) is 1. The summed E-state index contributed by atoms with van der Waals surface area (Å²) in [6.07, 6.45) is 0.534. The Morgan fingerprint density at radius 3 is 2.27 bits per heavy atom. The lowest BCUT2D eigenvalue weighted by atomic mass is 10.2. The third-order valence-electron chi connectivity index (χ3n) is 2.40. The molecule has 2 N–H and O–H groups in total. The van der Waals surface area contributed by atoms with Crippen molar-refractivity contribution in [3.8, 4) is 0 Å². The minimum Gasteiger partial charge on any atom is -0.326 e. The first kappa shape index (κ1) is 11.7. The number of amides is 1. The molecule has 0 spiro atoms. The summed E-state index contributed by atoms with van der Waals surface area (Å²) in [5, 5.41) is 0. The maximum atomic E-state index is 11.6. The molecule has 1 aromatic carbocycles. The first-order valence-electron chi connectivity index (χ1n) is 5.32. The fraction of sp³-hybridized carbons (Fsp3) is 0.417. The van der Waals surface area contributed by atoms with E-state index in [0.29, 0.717) is 19.5 Å². The minimum atomic E-state index is 0.151. The summed E-state index contributed by atoms with van der Waals surface area (Å²) >= 11 is 0. The molecule has 0 fully saturated rings. The van der Waals surface area contributed by atoms with Crippen LogP contribution in [-0.4, -0.2) is 12.5 Å². The van der Waals surface area contributed by atoms with Gasteiger partial charge in [0.1, 0.15) is 0 Å². The Hall–Kier alpha value is -1.35. The number of benzene rings is 1. The zero-order chi connectivity index (χ0) is 11.3. The molecule has 3 heteroatoms. The molecular weight excluding hydrogens is 188 g/mol. The average Bonchev–Trinajstić information content (AvgIpc) is 2.30. The topological polar surface area (TPSA) is 46.3 Å². The van der Waals surface area contributed by atoms with Gasteiger partial charge in [-0.3, -0.25) is 4.79 Å². The minimum absolute atomic E-state index is 0.151. The van der Waals surface area contributed by atoms with Gasteiger partial charge >= 0.3 is 0 Å². The molecule has 0 atom stereocenters. The lowest BCUT2D eigenvalue weighted by Gasteiger charge is -2.20. The van der Waals surface area contributed by atoms with E-state index in [2.05, 4.69) is 0 Å². The van der Waals surface area contributed by atoms with Crippen molar-refractivity contribution in [1.82, 2.24) is 0 Å². The summed E-state index contributed by atoms with van der Waals surface area (Å²) < 4.78 is 0. The summed E-state index contributed by atoms with van der Waals surface area (Å²) in [6, 6.07) is 7.81. The Balaban J connectivity index is 2.87. The average molecular weight is 206 g/mol. The molecule has 0 bridgehead atoms. The molecule has 0 aliphatic rings. The molecule has 1 amide bonds. The lowest BCUT2D eigenvalue weighted by molar-refractivity contribution is -0.118. The van der Waals surface area contributed by atoms with Gasteiger partial charge in [-0.2, -0.15) is 0 Å². The van der Waals surface area contributed by atoms with E-state index < -0.39 is 0 Å². The molecule has 3 nitrogen and oxygen atoms in total. The Kier molecular flexibility index (Phi) is 4.31. The van der Waals surface area contributed by atoms with Crippen molar-refractivity contribution >= 4 is 11.6 Å². The van der Waals surface area contributed by atoms with E-state index in [1.807, 2.05) is 38.1 Å². The summed E-state index contributed by atoms with van der Waals surface area (Å²) in [5.41, 5.74) is 7.54. The van der Waals surface area contributed by atoms with Crippen LogP contribution < -0.4 is 10.6 Å². The van der Waals surface area contributed by atoms with E-state index in [9.17, 15) is 4.79 Å². The number of anilines is 1. The number of hydrogen-bond acceptors (Lipinski definition) is 2. The van der Waals surface area contributed by atoms with Crippen LogP contribution in [0.1, 0.15) is 25.8 Å². The highest BCUT2D eigenvalue weighted by Crippen LogP contribution is 2.15. The van der Waals surface area contributed by atoms with Crippen molar-refractivity contribution in [1.29, 1.82) is 0 Å². The molecular formula is C12H18N2O. The van der Waals surface area contributed by atoms with Crippen LogP contribution in [0.15, 0.2) is 24.3 Å². The van der Waals surface area contributed by atoms with E-state index in [0.717, 1.165) is 11.3 Å². The first-order chi connectivity index (χ1) is 7.22. The van der Waals surface area contributed by atoms with E-state index in [4.69, 9.17) is 5.73 Å². The highest BCUT2D eigenvalue weighted by molar-refractivity contribution is 5.93. The summed E-state index contributed by atoms with van der Waals surface area (Å²) in [4.78, 5) is 13.4. The molecule has 1 rings (SSSR count). The fourth-order valence-corrected chi connectivity index (χ4v) is 1.51. The quantitative estimate of drug-likeness (QED) is 0.818. The molecule has 15 heavy (non-hydrogen) atoms. The van der Waals surface area contributed by atoms with Gasteiger partial charge in [-0.25, -0.2) is 0 Å². The van der Waals surface area contributed by atoms with Gasteiger partial charge in [0.15, 0.2) is 0 Å². The van der Waals surface area contributed by atoms with Gasteiger partial charge in [0.05, 0.1) is 0 Å². The van der Waals surface area contributed by atoms with Crippen LogP contribution >= 0.6 is 0 Å². The lowest BCUT2D eigenvalue weighted by Crippen LogP contribution is -2.29. The second kappa shape index (κ2) is 5.51. The second-order valence-electron chi connectivity index (χ2n) is 3.36. The maximum Gasteiger partial charge on any atom is 0.226 e. The molecule has 0 radical (unpaired) electrons. The predicted octanol–water partition coefficient (Wildman–Crippen LogP) is 1.91. The molecule has 0 saturated heterocycles. The Labute approximate surface area is 90.9 Å². The van der Waals surface area contributed by atoms with Crippen molar-refractivity contribution in [3.05, 3.63) is 29.8 Å². The number of nitrogens with zero attached hydrogens (tertiary/aromatic N) is 1. The van der Waals surface area contributed by atoms with Gasteiger partial charge in [-0.1, -0.05) is 19.1 Å². The van der Waals surface area contributed by atoms with Crippen molar-refractivity contribution in [2.24, 2.45) is 5.73 Å². The van der Waals surface area contributed by atoms with Crippen molar-refractivity contribution in [3.63, 3.8) is 0 Å². The van der Waals surface area contributed by atoms with E-state index >= 15 is 0 Å². The Morgan fingerprint density at radius 2 is 1.87 bits per heavy atom. The zero-order valence-electron chi connectivity index (χ0n) is 9.36.